The predicted molar refractivity (Wildman–Crippen MR) is 134 cm³/mol. The summed E-state index contributed by atoms with van der Waals surface area (Å²) in [4.78, 5) is 24.4. The molecule has 1 amide bonds. The fourth-order valence-electron chi connectivity index (χ4n) is 3.70. The molecule has 1 N–H and O–H groups in total. The van der Waals surface area contributed by atoms with Crippen LogP contribution >= 0.6 is 0 Å². The predicted octanol–water partition coefficient (Wildman–Crippen LogP) is 3.34. The van der Waals surface area contributed by atoms with Crippen molar-refractivity contribution in [3.63, 3.8) is 0 Å². The Balaban J connectivity index is 1.71. The molecule has 0 saturated heterocycles. The Bertz CT molecular complexity index is 1360. The SMILES string of the molecule is CCOCCNC(=O)COc1ccn2nc(-c3ccccc3)c(-c3ccc(=O)n(C(C)C)n3)c2c1. The second-order valence-corrected chi connectivity index (χ2v) is 8.21. The smallest absolute Gasteiger partial charge is 0.267 e. The number of pyridine rings is 1. The number of amides is 1. The minimum atomic E-state index is -0.228. The highest BCUT2D eigenvalue weighted by Crippen LogP contribution is 2.35. The Morgan fingerprint density at radius 1 is 1.09 bits per heavy atom. The van der Waals surface area contributed by atoms with Crippen molar-refractivity contribution >= 4 is 11.4 Å². The molecule has 0 unspecified atom stereocenters. The highest BCUT2D eigenvalue weighted by atomic mass is 16.5. The van der Waals surface area contributed by atoms with Crippen LogP contribution in [-0.4, -0.2) is 51.7 Å². The van der Waals surface area contributed by atoms with Gasteiger partial charge in [-0.2, -0.15) is 10.2 Å². The number of fused-ring (bicyclic) bond motifs is 1. The van der Waals surface area contributed by atoms with Crippen molar-refractivity contribution in [3.8, 4) is 28.3 Å². The minimum Gasteiger partial charge on any atom is -0.484 e. The Morgan fingerprint density at radius 2 is 1.89 bits per heavy atom. The van der Waals surface area contributed by atoms with Crippen LogP contribution in [0, 0.1) is 0 Å². The van der Waals surface area contributed by atoms with Gasteiger partial charge in [0.05, 0.1) is 29.4 Å². The normalized spacial score (nSPS) is 11.2. The molecule has 4 rings (SSSR count). The maximum absolute atomic E-state index is 12.3. The summed E-state index contributed by atoms with van der Waals surface area (Å²) in [6, 6.07) is 16.5. The number of benzene rings is 1. The van der Waals surface area contributed by atoms with E-state index in [4.69, 9.17) is 14.6 Å². The number of rotatable bonds is 10. The number of hydrogen-bond donors (Lipinski definition) is 1. The van der Waals surface area contributed by atoms with Crippen LogP contribution in [0.25, 0.3) is 28.0 Å². The van der Waals surface area contributed by atoms with Crippen LogP contribution in [-0.2, 0) is 9.53 Å². The summed E-state index contributed by atoms with van der Waals surface area (Å²) in [6.07, 6.45) is 1.78. The molecule has 9 nitrogen and oxygen atoms in total. The summed E-state index contributed by atoms with van der Waals surface area (Å²) in [6.45, 7) is 7.11. The number of carbonyl (C=O) groups is 1. The molecule has 0 aliphatic carbocycles. The lowest BCUT2D eigenvalue weighted by atomic mass is 10.0. The summed E-state index contributed by atoms with van der Waals surface area (Å²) in [7, 11) is 0. The van der Waals surface area contributed by atoms with Crippen LogP contribution < -0.4 is 15.6 Å². The molecule has 1 aromatic carbocycles. The van der Waals surface area contributed by atoms with Gasteiger partial charge in [0.25, 0.3) is 11.5 Å². The molecule has 0 radical (unpaired) electrons. The molecule has 9 heteroatoms. The van der Waals surface area contributed by atoms with Gasteiger partial charge in [0.2, 0.25) is 0 Å². The molecule has 0 spiro atoms. The van der Waals surface area contributed by atoms with E-state index in [2.05, 4.69) is 10.4 Å². The third-order valence-electron chi connectivity index (χ3n) is 5.37. The zero-order valence-electron chi connectivity index (χ0n) is 20.1. The topological polar surface area (TPSA) is 99.8 Å². The first-order valence-corrected chi connectivity index (χ1v) is 11.6. The molecule has 0 aliphatic heterocycles. The number of carbonyl (C=O) groups excluding carboxylic acids is 1. The largest absolute Gasteiger partial charge is 0.484 e. The molecule has 3 heterocycles. The Kier molecular flexibility index (Phi) is 7.57. The average Bonchev–Trinajstić information content (AvgIpc) is 3.25. The van der Waals surface area contributed by atoms with Gasteiger partial charge in [-0.1, -0.05) is 30.3 Å². The summed E-state index contributed by atoms with van der Waals surface area (Å²) in [5, 5.41) is 12.2. The van der Waals surface area contributed by atoms with Gasteiger partial charge < -0.3 is 14.8 Å². The van der Waals surface area contributed by atoms with E-state index >= 15 is 0 Å². The highest BCUT2D eigenvalue weighted by Gasteiger charge is 2.19. The summed E-state index contributed by atoms with van der Waals surface area (Å²) in [5.41, 5.74) is 3.64. The number of nitrogens with zero attached hydrogens (tertiary/aromatic N) is 4. The van der Waals surface area contributed by atoms with Gasteiger partial charge in [0.15, 0.2) is 6.61 Å². The molecule has 3 aromatic heterocycles. The monoisotopic (exact) mass is 475 g/mol. The fourth-order valence-corrected chi connectivity index (χ4v) is 3.70. The van der Waals surface area contributed by atoms with E-state index in [0.717, 1.165) is 22.3 Å². The van der Waals surface area contributed by atoms with Crippen molar-refractivity contribution in [3.05, 3.63) is 71.1 Å². The van der Waals surface area contributed by atoms with E-state index < -0.39 is 0 Å². The number of hydrogen-bond acceptors (Lipinski definition) is 6. The van der Waals surface area contributed by atoms with Crippen LogP contribution in [0.3, 0.4) is 0 Å². The zero-order valence-corrected chi connectivity index (χ0v) is 20.1. The lowest BCUT2D eigenvalue weighted by Crippen LogP contribution is -2.31. The van der Waals surface area contributed by atoms with Crippen molar-refractivity contribution < 1.29 is 14.3 Å². The maximum Gasteiger partial charge on any atom is 0.267 e. The van der Waals surface area contributed by atoms with Crippen molar-refractivity contribution in [1.82, 2.24) is 24.7 Å². The first-order chi connectivity index (χ1) is 17.0. The third-order valence-corrected chi connectivity index (χ3v) is 5.37. The molecule has 0 bridgehead atoms. The molecule has 0 aliphatic rings. The lowest BCUT2D eigenvalue weighted by molar-refractivity contribution is -0.123. The van der Waals surface area contributed by atoms with Gasteiger partial charge in [-0.25, -0.2) is 9.20 Å². The summed E-state index contributed by atoms with van der Waals surface area (Å²) in [5.74, 6) is 0.296. The van der Waals surface area contributed by atoms with Crippen molar-refractivity contribution in [2.45, 2.75) is 26.8 Å². The second kappa shape index (κ2) is 11.0. The molecule has 0 saturated carbocycles. The zero-order chi connectivity index (χ0) is 24.8. The minimum absolute atomic E-state index is 0.0930. The van der Waals surface area contributed by atoms with E-state index in [1.165, 1.54) is 10.7 Å². The number of aromatic nitrogens is 4. The summed E-state index contributed by atoms with van der Waals surface area (Å²) >= 11 is 0. The Labute approximate surface area is 203 Å². The third kappa shape index (κ3) is 5.58. The van der Waals surface area contributed by atoms with Gasteiger partial charge in [0.1, 0.15) is 11.4 Å². The lowest BCUT2D eigenvalue weighted by Gasteiger charge is -2.11. The molecular formula is C26H29N5O4. The van der Waals surface area contributed by atoms with Crippen LogP contribution in [0.2, 0.25) is 0 Å². The van der Waals surface area contributed by atoms with E-state index in [9.17, 15) is 9.59 Å². The Morgan fingerprint density at radius 3 is 2.63 bits per heavy atom. The van der Waals surface area contributed by atoms with E-state index in [-0.39, 0.29) is 24.1 Å². The van der Waals surface area contributed by atoms with Crippen LogP contribution in [0.4, 0.5) is 0 Å². The molecule has 182 valence electrons. The quantitative estimate of drug-likeness (QED) is 0.353. The van der Waals surface area contributed by atoms with Crippen LogP contribution in [0.15, 0.2) is 65.6 Å². The first kappa shape index (κ1) is 24.2. The van der Waals surface area contributed by atoms with E-state index in [1.54, 1.807) is 22.8 Å². The van der Waals surface area contributed by atoms with Crippen molar-refractivity contribution in [1.29, 1.82) is 0 Å². The standard InChI is InChI=1S/C26H29N5O4/c1-4-34-15-13-27-23(32)17-35-20-12-14-30-22(16-20)25(26(29-30)19-8-6-5-7-9-19)21-10-11-24(33)31(28-21)18(2)3/h5-12,14,16,18H,4,13,15,17H2,1-3H3,(H,27,32). The van der Waals surface area contributed by atoms with Crippen molar-refractivity contribution in [2.75, 3.05) is 26.4 Å². The molecule has 35 heavy (non-hydrogen) atoms. The highest BCUT2D eigenvalue weighted by molar-refractivity contribution is 5.91. The van der Waals surface area contributed by atoms with Crippen LogP contribution in [0.1, 0.15) is 26.8 Å². The fraction of sp³-hybridized carbons (Fsp3) is 0.308. The van der Waals surface area contributed by atoms with Gasteiger partial charge in [-0.05, 0) is 32.9 Å². The molecule has 0 fully saturated rings. The average molecular weight is 476 g/mol. The number of nitrogens with one attached hydrogen (secondary N) is 1. The maximum atomic E-state index is 12.3. The molecular weight excluding hydrogens is 446 g/mol. The summed E-state index contributed by atoms with van der Waals surface area (Å²) < 4.78 is 14.2. The van der Waals surface area contributed by atoms with Gasteiger partial charge in [-0.3, -0.25) is 9.59 Å². The van der Waals surface area contributed by atoms with Gasteiger partial charge in [0, 0.05) is 37.0 Å². The second-order valence-electron chi connectivity index (χ2n) is 8.21. The molecule has 4 aromatic rings. The van der Waals surface area contributed by atoms with Gasteiger partial charge in [-0.15, -0.1) is 0 Å². The van der Waals surface area contributed by atoms with Crippen LogP contribution in [0.5, 0.6) is 5.75 Å². The molecule has 0 atom stereocenters. The first-order valence-electron chi connectivity index (χ1n) is 11.6. The van der Waals surface area contributed by atoms with Gasteiger partial charge >= 0.3 is 0 Å². The Hall–Kier alpha value is -3.98. The number of ether oxygens (including phenoxy) is 2. The van der Waals surface area contributed by atoms with Crippen molar-refractivity contribution in [2.24, 2.45) is 0 Å². The van der Waals surface area contributed by atoms with E-state index in [0.29, 0.717) is 31.2 Å². The van der Waals surface area contributed by atoms with E-state index in [1.807, 2.05) is 57.2 Å².